The molecule has 146 valence electrons. The van der Waals surface area contributed by atoms with Crippen molar-refractivity contribution in [3.8, 4) is 11.5 Å². The molecule has 1 aromatic carbocycles. The molecule has 0 aromatic heterocycles. The molecule has 6 heteroatoms. The normalized spacial score (nSPS) is 15.6. The van der Waals surface area contributed by atoms with Crippen LogP contribution in [0.3, 0.4) is 0 Å². The van der Waals surface area contributed by atoms with E-state index in [1.807, 2.05) is 32.2 Å². The first-order chi connectivity index (χ1) is 12.7. The number of nitrogens with one attached hydrogen (secondary N) is 1. The van der Waals surface area contributed by atoms with Gasteiger partial charge in [0.1, 0.15) is 0 Å². The molecule has 26 heavy (non-hydrogen) atoms. The van der Waals surface area contributed by atoms with Crippen LogP contribution in [0.25, 0.3) is 0 Å². The lowest BCUT2D eigenvalue weighted by molar-refractivity contribution is 0.0625. The first-order valence-corrected chi connectivity index (χ1v) is 9.47. The van der Waals surface area contributed by atoms with E-state index >= 15 is 0 Å². The Balaban J connectivity index is 1.86. The number of guanidine groups is 1. The summed E-state index contributed by atoms with van der Waals surface area (Å²) in [5.41, 5.74) is 1.13. The van der Waals surface area contributed by atoms with Crippen molar-refractivity contribution in [2.24, 2.45) is 10.9 Å². The van der Waals surface area contributed by atoms with Gasteiger partial charge in [0.2, 0.25) is 0 Å². The fourth-order valence-corrected chi connectivity index (χ4v) is 3.18. The molecule has 0 atom stereocenters. The summed E-state index contributed by atoms with van der Waals surface area (Å²) < 4.78 is 16.4. The molecular weight excluding hydrogens is 330 g/mol. The smallest absolute Gasteiger partial charge is 0.193 e. The third kappa shape index (κ3) is 6.09. The standard InChI is InChI=1S/C20H33N3O3/c1-5-26-19-14-17(6-7-18(19)24-4)15-22-20(21-2)23(3)11-8-16-9-12-25-13-10-16/h6-7,14,16H,5,8-13,15H2,1-4H3,(H,21,22). The quantitative estimate of drug-likeness (QED) is 0.568. The molecule has 0 amide bonds. The van der Waals surface area contributed by atoms with E-state index in [9.17, 15) is 0 Å². The maximum absolute atomic E-state index is 5.65. The molecule has 0 radical (unpaired) electrons. The van der Waals surface area contributed by atoms with Gasteiger partial charge < -0.3 is 24.4 Å². The van der Waals surface area contributed by atoms with Crippen LogP contribution in [0.15, 0.2) is 23.2 Å². The minimum atomic E-state index is 0.615. The summed E-state index contributed by atoms with van der Waals surface area (Å²) in [5.74, 6) is 3.20. The van der Waals surface area contributed by atoms with Crippen molar-refractivity contribution in [2.75, 3.05) is 47.6 Å². The van der Waals surface area contributed by atoms with Crippen LogP contribution in [0.1, 0.15) is 31.7 Å². The van der Waals surface area contributed by atoms with Crippen molar-refractivity contribution in [3.05, 3.63) is 23.8 Å². The largest absolute Gasteiger partial charge is 0.493 e. The summed E-state index contributed by atoms with van der Waals surface area (Å²) in [6.07, 6.45) is 3.52. The third-order valence-corrected chi connectivity index (χ3v) is 4.77. The van der Waals surface area contributed by atoms with Crippen LogP contribution in [0.4, 0.5) is 0 Å². The van der Waals surface area contributed by atoms with E-state index in [0.717, 1.165) is 48.7 Å². The van der Waals surface area contributed by atoms with Crippen LogP contribution in [0.2, 0.25) is 0 Å². The molecule has 0 spiro atoms. The Morgan fingerprint density at radius 2 is 2.08 bits per heavy atom. The van der Waals surface area contributed by atoms with E-state index < -0.39 is 0 Å². The number of ether oxygens (including phenoxy) is 3. The van der Waals surface area contributed by atoms with E-state index in [1.54, 1.807) is 7.11 Å². The minimum absolute atomic E-state index is 0.615. The van der Waals surface area contributed by atoms with E-state index in [2.05, 4.69) is 22.3 Å². The Hall–Kier alpha value is -1.95. The van der Waals surface area contributed by atoms with Gasteiger partial charge in [0.25, 0.3) is 0 Å². The molecule has 1 N–H and O–H groups in total. The minimum Gasteiger partial charge on any atom is -0.493 e. The zero-order valence-electron chi connectivity index (χ0n) is 16.6. The molecule has 1 saturated heterocycles. The third-order valence-electron chi connectivity index (χ3n) is 4.77. The Morgan fingerprint density at radius 1 is 1.31 bits per heavy atom. The number of benzene rings is 1. The van der Waals surface area contributed by atoms with Crippen molar-refractivity contribution >= 4 is 5.96 Å². The summed E-state index contributed by atoms with van der Waals surface area (Å²) >= 11 is 0. The molecule has 0 saturated carbocycles. The summed E-state index contributed by atoms with van der Waals surface area (Å²) in [6, 6.07) is 6.01. The Labute approximate surface area is 157 Å². The second kappa shape index (κ2) is 10.9. The predicted molar refractivity (Wildman–Crippen MR) is 105 cm³/mol. The highest BCUT2D eigenvalue weighted by molar-refractivity contribution is 5.79. The zero-order chi connectivity index (χ0) is 18.8. The number of hydrogen-bond acceptors (Lipinski definition) is 4. The van der Waals surface area contributed by atoms with Crippen molar-refractivity contribution in [1.29, 1.82) is 0 Å². The first-order valence-electron chi connectivity index (χ1n) is 9.47. The van der Waals surface area contributed by atoms with Gasteiger partial charge in [0.05, 0.1) is 13.7 Å². The number of aliphatic imine (C=N–C) groups is 1. The van der Waals surface area contributed by atoms with Gasteiger partial charge in [-0.15, -0.1) is 0 Å². The average Bonchev–Trinajstić information content (AvgIpc) is 2.68. The van der Waals surface area contributed by atoms with Gasteiger partial charge in [-0.3, -0.25) is 4.99 Å². The van der Waals surface area contributed by atoms with Crippen LogP contribution in [-0.2, 0) is 11.3 Å². The van der Waals surface area contributed by atoms with Gasteiger partial charge in [0.15, 0.2) is 17.5 Å². The number of hydrogen-bond donors (Lipinski definition) is 1. The monoisotopic (exact) mass is 363 g/mol. The molecule has 1 heterocycles. The summed E-state index contributed by atoms with van der Waals surface area (Å²) in [4.78, 5) is 6.61. The summed E-state index contributed by atoms with van der Waals surface area (Å²) in [7, 11) is 5.58. The topological polar surface area (TPSA) is 55.3 Å². The van der Waals surface area contributed by atoms with Gasteiger partial charge in [0, 0.05) is 40.4 Å². The molecular formula is C20H33N3O3. The lowest BCUT2D eigenvalue weighted by Crippen LogP contribution is -2.39. The van der Waals surface area contributed by atoms with E-state index in [0.29, 0.717) is 13.2 Å². The molecule has 1 fully saturated rings. The number of nitrogens with zero attached hydrogens (tertiary/aromatic N) is 2. The Bertz CT molecular complexity index is 571. The number of methoxy groups -OCH3 is 1. The number of rotatable bonds is 8. The summed E-state index contributed by atoms with van der Waals surface area (Å²) in [6.45, 7) is 6.08. The highest BCUT2D eigenvalue weighted by atomic mass is 16.5. The van der Waals surface area contributed by atoms with Crippen LogP contribution in [0.5, 0.6) is 11.5 Å². The second-order valence-corrected chi connectivity index (χ2v) is 6.58. The molecule has 1 aromatic rings. The van der Waals surface area contributed by atoms with Gasteiger partial charge in [-0.05, 0) is 49.8 Å². The summed E-state index contributed by atoms with van der Waals surface area (Å²) in [5, 5.41) is 3.43. The molecule has 2 rings (SSSR count). The van der Waals surface area contributed by atoms with Gasteiger partial charge in [-0.1, -0.05) is 6.07 Å². The van der Waals surface area contributed by atoms with Crippen molar-refractivity contribution in [2.45, 2.75) is 32.7 Å². The van der Waals surface area contributed by atoms with Gasteiger partial charge >= 0.3 is 0 Å². The van der Waals surface area contributed by atoms with Crippen molar-refractivity contribution < 1.29 is 14.2 Å². The molecule has 0 unspecified atom stereocenters. The molecule has 1 aliphatic heterocycles. The van der Waals surface area contributed by atoms with Crippen LogP contribution in [-0.4, -0.2) is 58.4 Å². The molecule has 0 bridgehead atoms. The van der Waals surface area contributed by atoms with Crippen LogP contribution in [0, 0.1) is 5.92 Å². The lowest BCUT2D eigenvalue weighted by atomic mass is 9.96. The van der Waals surface area contributed by atoms with Crippen LogP contribution < -0.4 is 14.8 Å². The van der Waals surface area contributed by atoms with Crippen molar-refractivity contribution in [1.82, 2.24) is 10.2 Å². The van der Waals surface area contributed by atoms with E-state index in [1.165, 1.54) is 19.3 Å². The fourth-order valence-electron chi connectivity index (χ4n) is 3.18. The molecule has 1 aliphatic rings. The van der Waals surface area contributed by atoms with E-state index in [-0.39, 0.29) is 0 Å². The maximum Gasteiger partial charge on any atom is 0.193 e. The molecule has 0 aliphatic carbocycles. The van der Waals surface area contributed by atoms with Gasteiger partial charge in [-0.25, -0.2) is 0 Å². The fraction of sp³-hybridized carbons (Fsp3) is 0.650. The van der Waals surface area contributed by atoms with Gasteiger partial charge in [-0.2, -0.15) is 0 Å². The Morgan fingerprint density at radius 3 is 2.73 bits per heavy atom. The highest BCUT2D eigenvalue weighted by Gasteiger charge is 2.15. The van der Waals surface area contributed by atoms with Crippen molar-refractivity contribution in [3.63, 3.8) is 0 Å². The highest BCUT2D eigenvalue weighted by Crippen LogP contribution is 2.28. The average molecular weight is 364 g/mol. The second-order valence-electron chi connectivity index (χ2n) is 6.58. The lowest BCUT2D eigenvalue weighted by Gasteiger charge is -2.27. The SMILES string of the molecule is CCOc1cc(CNC(=NC)N(C)CCC2CCOCC2)ccc1OC. The maximum atomic E-state index is 5.65. The Kier molecular flexibility index (Phi) is 8.54. The van der Waals surface area contributed by atoms with Crippen LogP contribution >= 0.6 is 0 Å². The van der Waals surface area contributed by atoms with E-state index in [4.69, 9.17) is 14.2 Å². The predicted octanol–water partition coefficient (Wildman–Crippen LogP) is 2.92. The first kappa shape index (κ1) is 20.4. The zero-order valence-corrected chi connectivity index (χ0v) is 16.6. The molecule has 6 nitrogen and oxygen atoms in total.